The van der Waals surface area contributed by atoms with Crippen LogP contribution in [0.5, 0.6) is 0 Å². The second kappa shape index (κ2) is 12.7. The van der Waals surface area contributed by atoms with Gasteiger partial charge in [-0.05, 0) is 25.3 Å². The number of hydrogen-bond donors (Lipinski definition) is 2. The molecule has 0 unspecified atom stereocenters. The topological polar surface area (TPSA) is 79.6 Å². The maximum Gasteiger partial charge on any atom is 0.192 e. The molecule has 182 valence electrons. The normalized spacial score (nSPS) is 19.0. The molecule has 1 aliphatic heterocycles. The third-order valence-corrected chi connectivity index (χ3v) is 6.91. The van der Waals surface area contributed by atoms with E-state index in [1.165, 1.54) is 37.7 Å². The summed E-state index contributed by atoms with van der Waals surface area (Å²) in [5.74, 6) is 2.64. The van der Waals surface area contributed by atoms with Gasteiger partial charge in [0.1, 0.15) is 5.82 Å². The van der Waals surface area contributed by atoms with Crippen LogP contribution in [0.3, 0.4) is 0 Å². The first-order valence-corrected chi connectivity index (χ1v) is 11.9. The highest BCUT2D eigenvalue weighted by molar-refractivity contribution is 14.0. The molecule has 0 bridgehead atoms. The second-order valence-corrected chi connectivity index (χ2v) is 8.96. The van der Waals surface area contributed by atoms with Crippen molar-refractivity contribution in [3.05, 3.63) is 47.5 Å². The summed E-state index contributed by atoms with van der Waals surface area (Å²) in [6, 6.07) is 10.4. The fourth-order valence-electron chi connectivity index (χ4n) is 4.80. The molecule has 0 spiro atoms. The van der Waals surface area contributed by atoms with Crippen molar-refractivity contribution in [2.45, 2.75) is 57.7 Å². The van der Waals surface area contributed by atoms with Gasteiger partial charge in [-0.3, -0.25) is 4.90 Å². The van der Waals surface area contributed by atoms with Gasteiger partial charge in [-0.25, -0.2) is 4.99 Å². The molecule has 2 heterocycles. The summed E-state index contributed by atoms with van der Waals surface area (Å²) < 4.78 is 7.65. The third kappa shape index (κ3) is 6.89. The summed E-state index contributed by atoms with van der Waals surface area (Å²) in [6.07, 6.45) is 6.38. The Morgan fingerprint density at radius 1 is 1.06 bits per heavy atom. The van der Waals surface area contributed by atoms with E-state index in [9.17, 15) is 0 Å². The molecule has 8 nitrogen and oxygen atoms in total. The van der Waals surface area contributed by atoms with E-state index in [0.29, 0.717) is 13.1 Å². The Kier molecular flexibility index (Phi) is 9.94. The number of morpholine rings is 1. The number of hydrogen-bond acceptors (Lipinski definition) is 5. The highest BCUT2D eigenvalue weighted by atomic mass is 127. The lowest BCUT2D eigenvalue weighted by atomic mass is 9.80. The van der Waals surface area contributed by atoms with E-state index in [4.69, 9.17) is 9.73 Å². The van der Waals surface area contributed by atoms with Crippen molar-refractivity contribution >= 4 is 29.9 Å². The molecule has 2 aliphatic rings. The summed E-state index contributed by atoms with van der Waals surface area (Å²) in [7, 11) is 2.00. The average molecular weight is 568 g/mol. The Labute approximate surface area is 214 Å². The first-order chi connectivity index (χ1) is 15.7. The monoisotopic (exact) mass is 567 g/mol. The van der Waals surface area contributed by atoms with Crippen molar-refractivity contribution in [3.63, 3.8) is 0 Å². The van der Waals surface area contributed by atoms with Gasteiger partial charge in [-0.15, -0.1) is 34.2 Å². The summed E-state index contributed by atoms with van der Waals surface area (Å²) in [5.41, 5.74) is 1.38. The van der Waals surface area contributed by atoms with Gasteiger partial charge in [0.05, 0.1) is 26.3 Å². The van der Waals surface area contributed by atoms with Gasteiger partial charge in [-0.2, -0.15) is 0 Å². The quantitative estimate of drug-likeness (QED) is 0.305. The lowest BCUT2D eigenvalue weighted by Crippen LogP contribution is -2.60. The first kappa shape index (κ1) is 25.9. The van der Waals surface area contributed by atoms with Crippen LogP contribution in [0.15, 0.2) is 35.3 Å². The smallest absolute Gasteiger partial charge is 0.192 e. The van der Waals surface area contributed by atoms with E-state index in [1.807, 2.05) is 24.6 Å². The highest BCUT2D eigenvalue weighted by Crippen LogP contribution is 2.33. The van der Waals surface area contributed by atoms with Gasteiger partial charge in [0.2, 0.25) is 0 Å². The Bertz CT molecular complexity index is 874. The number of aryl methyl sites for hydroxylation is 1. The van der Waals surface area contributed by atoms with Gasteiger partial charge < -0.3 is 19.9 Å². The minimum absolute atomic E-state index is 0. The molecule has 9 heteroatoms. The minimum atomic E-state index is 0. The molecule has 1 aromatic heterocycles. The maximum absolute atomic E-state index is 5.64. The number of nitrogens with one attached hydrogen (secondary N) is 2. The van der Waals surface area contributed by atoms with Crippen molar-refractivity contribution in [2.24, 2.45) is 12.0 Å². The number of halogens is 1. The number of ether oxygens (including phenoxy) is 1. The summed E-state index contributed by atoms with van der Waals surface area (Å²) >= 11 is 0. The summed E-state index contributed by atoms with van der Waals surface area (Å²) in [4.78, 5) is 7.56. The fraction of sp³-hybridized carbons (Fsp3) is 0.625. The lowest BCUT2D eigenvalue weighted by molar-refractivity contribution is -0.0352. The van der Waals surface area contributed by atoms with Crippen molar-refractivity contribution < 1.29 is 4.74 Å². The van der Waals surface area contributed by atoms with Crippen molar-refractivity contribution in [2.75, 3.05) is 32.8 Å². The predicted octanol–water partition coefficient (Wildman–Crippen LogP) is 3.01. The molecule has 0 atom stereocenters. The van der Waals surface area contributed by atoms with Crippen LogP contribution in [0.1, 0.15) is 49.3 Å². The van der Waals surface area contributed by atoms with Crippen LogP contribution < -0.4 is 10.6 Å². The molecule has 33 heavy (non-hydrogen) atoms. The van der Waals surface area contributed by atoms with Gasteiger partial charge in [-0.1, -0.05) is 49.6 Å². The molecule has 2 fully saturated rings. The third-order valence-electron chi connectivity index (χ3n) is 6.91. The predicted molar refractivity (Wildman–Crippen MR) is 142 cm³/mol. The standard InChI is InChI=1S/C24H37N7O.HI/c1-20-28-29-22(30(20)2)18-26-23(25-17-21-9-5-3-6-10-21)27-19-24(11-7-4-8-12-24)31-13-15-32-16-14-31;/h3,5-6,9-10H,4,7-8,11-19H2,1-2H3,(H2,25,26,27);1H. The first-order valence-electron chi connectivity index (χ1n) is 11.9. The molecule has 1 saturated carbocycles. The van der Waals surface area contributed by atoms with Gasteiger partial charge in [0, 0.05) is 32.2 Å². The number of aliphatic imine (C=N–C) groups is 1. The van der Waals surface area contributed by atoms with E-state index < -0.39 is 0 Å². The largest absolute Gasteiger partial charge is 0.379 e. The molecule has 2 aromatic rings. The van der Waals surface area contributed by atoms with E-state index in [0.717, 1.165) is 50.5 Å². The van der Waals surface area contributed by atoms with Crippen LogP contribution in [0.2, 0.25) is 0 Å². The molecule has 4 rings (SSSR count). The van der Waals surface area contributed by atoms with Crippen molar-refractivity contribution in [1.82, 2.24) is 30.3 Å². The zero-order valence-corrected chi connectivity index (χ0v) is 22.3. The van der Waals surface area contributed by atoms with E-state index >= 15 is 0 Å². The number of guanidine groups is 1. The van der Waals surface area contributed by atoms with Crippen LogP contribution in [-0.4, -0.2) is 64.0 Å². The van der Waals surface area contributed by atoms with Crippen molar-refractivity contribution in [1.29, 1.82) is 0 Å². The zero-order valence-electron chi connectivity index (χ0n) is 19.9. The molecule has 1 saturated heterocycles. The van der Waals surface area contributed by atoms with Crippen LogP contribution in [0, 0.1) is 6.92 Å². The average Bonchev–Trinajstić information content (AvgIpc) is 3.17. The second-order valence-electron chi connectivity index (χ2n) is 8.96. The minimum Gasteiger partial charge on any atom is -0.379 e. The summed E-state index contributed by atoms with van der Waals surface area (Å²) in [6.45, 7) is 7.79. The molecule has 1 aliphatic carbocycles. The zero-order chi connectivity index (χ0) is 22.2. The van der Waals surface area contributed by atoms with Crippen molar-refractivity contribution in [3.8, 4) is 0 Å². The van der Waals surface area contributed by atoms with Crippen LogP contribution in [0.4, 0.5) is 0 Å². The van der Waals surface area contributed by atoms with Gasteiger partial charge in [0.15, 0.2) is 11.8 Å². The van der Waals surface area contributed by atoms with Crippen LogP contribution >= 0.6 is 24.0 Å². The molecule has 2 N–H and O–H groups in total. The fourth-order valence-corrected chi connectivity index (χ4v) is 4.80. The number of rotatable bonds is 7. The van der Waals surface area contributed by atoms with Gasteiger partial charge in [0.25, 0.3) is 0 Å². The Balaban J connectivity index is 0.00000306. The maximum atomic E-state index is 5.64. The molecule has 0 amide bonds. The Morgan fingerprint density at radius 2 is 1.79 bits per heavy atom. The lowest BCUT2D eigenvalue weighted by Gasteiger charge is -2.48. The molecular formula is C24H38IN7O. The van der Waals surface area contributed by atoms with E-state index in [-0.39, 0.29) is 29.5 Å². The van der Waals surface area contributed by atoms with E-state index in [2.05, 4.69) is 50.0 Å². The Hall–Kier alpha value is -1.72. The Morgan fingerprint density at radius 3 is 2.45 bits per heavy atom. The number of aromatic nitrogens is 3. The van der Waals surface area contributed by atoms with E-state index in [1.54, 1.807) is 0 Å². The van der Waals surface area contributed by atoms with Gasteiger partial charge >= 0.3 is 0 Å². The van der Waals surface area contributed by atoms with Crippen LogP contribution in [-0.2, 0) is 24.9 Å². The highest BCUT2D eigenvalue weighted by Gasteiger charge is 2.38. The SMILES string of the molecule is Cc1nnc(CNC(=NCc2ccccc2)NCC2(N3CCOCC3)CCCCC2)n1C.I. The molecular weight excluding hydrogens is 529 g/mol. The number of nitrogens with zero attached hydrogens (tertiary/aromatic N) is 5. The summed E-state index contributed by atoms with van der Waals surface area (Å²) in [5, 5.41) is 15.6. The van der Waals surface area contributed by atoms with Crippen LogP contribution in [0.25, 0.3) is 0 Å². The molecule has 0 radical (unpaired) electrons. The number of benzene rings is 1. The molecule has 1 aromatic carbocycles.